The maximum Gasteiger partial charge on any atom is 0.304 e. The lowest BCUT2D eigenvalue weighted by Crippen LogP contribution is -2.42. The molecule has 0 saturated heterocycles. The maximum atomic E-state index is 10.6. The van der Waals surface area contributed by atoms with E-state index in [9.17, 15) is 4.79 Å². The molecule has 17 heavy (non-hydrogen) atoms. The fraction of sp³-hybridized carbons (Fsp3) is 0.667. The Kier molecular flexibility index (Phi) is 4.28. The highest BCUT2D eigenvalue weighted by Crippen LogP contribution is 2.16. The Labute approximate surface area is 102 Å². The van der Waals surface area contributed by atoms with Gasteiger partial charge in [0.1, 0.15) is 0 Å². The van der Waals surface area contributed by atoms with Gasteiger partial charge in [-0.05, 0) is 26.8 Å². The molecule has 5 nitrogen and oxygen atoms in total. The Balaban J connectivity index is 2.67. The lowest BCUT2D eigenvalue weighted by atomic mass is 10.1. The van der Waals surface area contributed by atoms with Crippen LogP contribution in [0.25, 0.3) is 0 Å². The molecule has 96 valence electrons. The van der Waals surface area contributed by atoms with E-state index >= 15 is 0 Å². The zero-order valence-electron chi connectivity index (χ0n) is 11.0. The summed E-state index contributed by atoms with van der Waals surface area (Å²) in [6, 6.07) is 1.96. The first kappa shape index (κ1) is 13.7. The van der Waals surface area contributed by atoms with Crippen LogP contribution in [0.15, 0.2) is 12.3 Å². The molecule has 0 bridgehead atoms. The molecule has 1 rings (SSSR count). The lowest BCUT2D eigenvalue weighted by molar-refractivity contribution is -0.137. The van der Waals surface area contributed by atoms with Crippen LogP contribution in [0.5, 0.6) is 0 Å². The van der Waals surface area contributed by atoms with Crippen LogP contribution < -0.4 is 0 Å². The van der Waals surface area contributed by atoms with Crippen LogP contribution in [0.1, 0.15) is 32.9 Å². The van der Waals surface area contributed by atoms with Gasteiger partial charge in [0.25, 0.3) is 0 Å². The third-order valence-corrected chi connectivity index (χ3v) is 2.67. The third-order valence-electron chi connectivity index (χ3n) is 2.67. The average Bonchev–Trinajstić information content (AvgIpc) is 2.56. The average molecular weight is 239 g/mol. The molecule has 0 amide bonds. The molecule has 0 spiro atoms. The van der Waals surface area contributed by atoms with E-state index in [1.165, 1.54) is 0 Å². The number of hydrogen-bond donors (Lipinski definition) is 1. The number of carbonyl (C=O) groups is 1. The molecule has 0 aliphatic rings. The van der Waals surface area contributed by atoms with E-state index < -0.39 is 5.97 Å². The van der Waals surface area contributed by atoms with E-state index in [2.05, 4.69) is 30.8 Å². The van der Waals surface area contributed by atoms with Crippen molar-refractivity contribution in [2.75, 3.05) is 6.54 Å². The molecule has 0 unspecified atom stereocenters. The van der Waals surface area contributed by atoms with Crippen molar-refractivity contribution in [3.05, 3.63) is 18.0 Å². The van der Waals surface area contributed by atoms with Crippen LogP contribution in [0.2, 0.25) is 0 Å². The van der Waals surface area contributed by atoms with Gasteiger partial charge in [-0.1, -0.05) is 0 Å². The van der Waals surface area contributed by atoms with Crippen molar-refractivity contribution < 1.29 is 9.90 Å². The zero-order chi connectivity index (χ0) is 13.1. The molecule has 0 saturated carbocycles. The SMILES string of the molecule is Cn1ccc(CN(CCC(=O)O)C(C)(C)C)n1. The van der Waals surface area contributed by atoms with Crippen molar-refractivity contribution in [2.24, 2.45) is 7.05 Å². The molecule has 0 fully saturated rings. The van der Waals surface area contributed by atoms with Crippen LogP contribution in [0.4, 0.5) is 0 Å². The summed E-state index contributed by atoms with van der Waals surface area (Å²) in [7, 11) is 1.88. The van der Waals surface area contributed by atoms with Gasteiger partial charge in [-0.2, -0.15) is 5.10 Å². The van der Waals surface area contributed by atoms with Crippen molar-refractivity contribution >= 4 is 5.97 Å². The second-order valence-electron chi connectivity index (χ2n) is 5.22. The van der Waals surface area contributed by atoms with Gasteiger partial charge in [0, 0.05) is 31.9 Å². The van der Waals surface area contributed by atoms with Gasteiger partial charge in [0.05, 0.1) is 12.1 Å². The summed E-state index contributed by atoms with van der Waals surface area (Å²) in [5.74, 6) is -0.764. The Bertz CT molecular complexity index is 379. The number of aryl methyl sites for hydroxylation is 1. The van der Waals surface area contributed by atoms with E-state index in [0.29, 0.717) is 13.1 Å². The van der Waals surface area contributed by atoms with Gasteiger partial charge >= 0.3 is 5.97 Å². The van der Waals surface area contributed by atoms with Crippen LogP contribution in [0, 0.1) is 0 Å². The van der Waals surface area contributed by atoms with E-state index in [1.54, 1.807) is 4.68 Å². The second-order valence-corrected chi connectivity index (χ2v) is 5.22. The molecule has 0 atom stereocenters. The summed E-state index contributed by atoms with van der Waals surface area (Å²) in [5, 5.41) is 13.1. The monoisotopic (exact) mass is 239 g/mol. The molecule has 1 N–H and O–H groups in total. The summed E-state index contributed by atoms with van der Waals surface area (Å²) in [4.78, 5) is 12.8. The predicted octanol–water partition coefficient (Wildman–Crippen LogP) is 1.50. The van der Waals surface area contributed by atoms with Crippen molar-refractivity contribution in [1.82, 2.24) is 14.7 Å². The number of nitrogens with zero attached hydrogens (tertiary/aromatic N) is 3. The van der Waals surface area contributed by atoms with Crippen molar-refractivity contribution in [2.45, 2.75) is 39.3 Å². The van der Waals surface area contributed by atoms with Crippen LogP contribution in [0.3, 0.4) is 0 Å². The Morgan fingerprint density at radius 1 is 1.53 bits per heavy atom. The molecule has 1 heterocycles. The van der Waals surface area contributed by atoms with E-state index in [-0.39, 0.29) is 12.0 Å². The van der Waals surface area contributed by atoms with Crippen molar-refractivity contribution in [3.63, 3.8) is 0 Å². The van der Waals surface area contributed by atoms with E-state index in [4.69, 9.17) is 5.11 Å². The first-order chi connectivity index (χ1) is 7.79. The normalized spacial score (nSPS) is 12.1. The van der Waals surface area contributed by atoms with E-state index in [0.717, 1.165) is 5.69 Å². The Morgan fingerprint density at radius 3 is 2.59 bits per heavy atom. The molecule has 1 aromatic rings. The number of aliphatic carboxylic acids is 1. The Morgan fingerprint density at radius 2 is 2.18 bits per heavy atom. The fourth-order valence-corrected chi connectivity index (χ4v) is 1.63. The smallest absolute Gasteiger partial charge is 0.304 e. The molecule has 0 aliphatic heterocycles. The fourth-order valence-electron chi connectivity index (χ4n) is 1.63. The van der Waals surface area contributed by atoms with Gasteiger partial charge in [-0.3, -0.25) is 14.4 Å². The lowest BCUT2D eigenvalue weighted by Gasteiger charge is -2.34. The summed E-state index contributed by atoms with van der Waals surface area (Å²) < 4.78 is 1.76. The first-order valence-corrected chi connectivity index (χ1v) is 5.74. The van der Waals surface area contributed by atoms with Gasteiger partial charge < -0.3 is 5.11 Å². The van der Waals surface area contributed by atoms with Gasteiger partial charge in [0.2, 0.25) is 0 Å². The number of aromatic nitrogens is 2. The molecule has 0 aliphatic carbocycles. The topological polar surface area (TPSA) is 58.4 Å². The van der Waals surface area contributed by atoms with Gasteiger partial charge in [-0.25, -0.2) is 0 Å². The van der Waals surface area contributed by atoms with Crippen LogP contribution in [-0.2, 0) is 18.4 Å². The minimum Gasteiger partial charge on any atom is -0.481 e. The molecular formula is C12H21N3O2. The predicted molar refractivity (Wildman–Crippen MR) is 65.6 cm³/mol. The summed E-state index contributed by atoms with van der Waals surface area (Å²) >= 11 is 0. The van der Waals surface area contributed by atoms with Gasteiger partial charge in [-0.15, -0.1) is 0 Å². The highest BCUT2D eigenvalue weighted by Gasteiger charge is 2.22. The molecule has 0 aromatic carbocycles. The Hall–Kier alpha value is -1.36. The van der Waals surface area contributed by atoms with Crippen LogP contribution >= 0.6 is 0 Å². The number of hydrogen-bond acceptors (Lipinski definition) is 3. The molecule has 0 radical (unpaired) electrons. The van der Waals surface area contributed by atoms with Crippen molar-refractivity contribution in [3.8, 4) is 0 Å². The highest BCUT2D eigenvalue weighted by molar-refractivity contribution is 5.66. The molecule has 1 aromatic heterocycles. The number of carboxylic acids is 1. The number of carboxylic acid groups (broad SMARTS) is 1. The number of rotatable bonds is 5. The standard InChI is InChI=1S/C12H21N3O2/c1-12(2,3)15(8-6-11(16)17)9-10-5-7-14(4)13-10/h5,7H,6,8-9H2,1-4H3,(H,16,17). The quantitative estimate of drug-likeness (QED) is 0.846. The molecule has 5 heteroatoms. The second kappa shape index (κ2) is 5.31. The largest absolute Gasteiger partial charge is 0.481 e. The third kappa shape index (κ3) is 4.56. The van der Waals surface area contributed by atoms with Crippen LogP contribution in [-0.4, -0.2) is 37.8 Å². The summed E-state index contributed by atoms with van der Waals surface area (Å²) in [6.45, 7) is 7.46. The summed E-state index contributed by atoms with van der Waals surface area (Å²) in [6.07, 6.45) is 2.05. The zero-order valence-corrected chi connectivity index (χ0v) is 11.0. The maximum absolute atomic E-state index is 10.6. The minimum atomic E-state index is -0.764. The van der Waals surface area contributed by atoms with E-state index in [1.807, 2.05) is 19.3 Å². The highest BCUT2D eigenvalue weighted by atomic mass is 16.4. The first-order valence-electron chi connectivity index (χ1n) is 5.74. The molecular weight excluding hydrogens is 218 g/mol. The van der Waals surface area contributed by atoms with Crippen molar-refractivity contribution in [1.29, 1.82) is 0 Å². The minimum absolute atomic E-state index is 0.0625. The van der Waals surface area contributed by atoms with Gasteiger partial charge in [0.15, 0.2) is 0 Å². The summed E-state index contributed by atoms with van der Waals surface area (Å²) in [5.41, 5.74) is 0.903.